The van der Waals surface area contributed by atoms with Gasteiger partial charge in [-0.2, -0.15) is 0 Å². The van der Waals surface area contributed by atoms with Gasteiger partial charge in [-0.3, -0.25) is 9.79 Å². The molecule has 1 aromatic carbocycles. The van der Waals surface area contributed by atoms with Gasteiger partial charge in [0.05, 0.1) is 19.7 Å². The van der Waals surface area contributed by atoms with Crippen molar-refractivity contribution < 1.29 is 9.53 Å². The van der Waals surface area contributed by atoms with E-state index >= 15 is 0 Å². The summed E-state index contributed by atoms with van der Waals surface area (Å²) in [6.45, 7) is 5.09. The molecular formula is C24H39N5O2. The Morgan fingerprint density at radius 2 is 2.00 bits per heavy atom. The number of likely N-dealkylation sites (tertiary alicyclic amines) is 1. The molecule has 2 aliphatic rings. The summed E-state index contributed by atoms with van der Waals surface area (Å²) in [5.41, 5.74) is 1.13. The molecule has 1 aromatic rings. The van der Waals surface area contributed by atoms with Gasteiger partial charge < -0.3 is 25.2 Å². The molecule has 0 aromatic heterocycles. The van der Waals surface area contributed by atoms with E-state index < -0.39 is 0 Å². The van der Waals surface area contributed by atoms with Crippen molar-refractivity contribution in [3.8, 4) is 5.75 Å². The van der Waals surface area contributed by atoms with Crippen LogP contribution in [0.1, 0.15) is 50.6 Å². The molecular weight excluding hydrogens is 390 g/mol. The van der Waals surface area contributed by atoms with Gasteiger partial charge in [0.25, 0.3) is 0 Å². The maximum absolute atomic E-state index is 12.7. The van der Waals surface area contributed by atoms with Crippen LogP contribution in [-0.2, 0) is 4.79 Å². The highest BCUT2D eigenvalue weighted by molar-refractivity contribution is 5.81. The summed E-state index contributed by atoms with van der Waals surface area (Å²) < 4.78 is 5.57. The summed E-state index contributed by atoms with van der Waals surface area (Å²) in [6.07, 6.45) is 5.48. The molecule has 1 amide bonds. The number of methoxy groups -OCH3 is 1. The van der Waals surface area contributed by atoms with Crippen molar-refractivity contribution in [1.82, 2.24) is 20.4 Å². The lowest BCUT2D eigenvalue weighted by Gasteiger charge is -2.26. The van der Waals surface area contributed by atoms with E-state index in [0.29, 0.717) is 12.5 Å². The molecule has 7 heteroatoms. The summed E-state index contributed by atoms with van der Waals surface area (Å²) in [6, 6.07) is 8.47. The molecule has 1 heterocycles. The molecule has 1 saturated carbocycles. The monoisotopic (exact) mass is 429 g/mol. The topological polar surface area (TPSA) is 69.2 Å². The fourth-order valence-electron chi connectivity index (χ4n) is 4.68. The predicted molar refractivity (Wildman–Crippen MR) is 125 cm³/mol. The molecule has 0 bridgehead atoms. The molecule has 172 valence electrons. The van der Waals surface area contributed by atoms with Crippen LogP contribution >= 0.6 is 0 Å². The first-order valence-electron chi connectivity index (χ1n) is 11.7. The number of nitrogens with one attached hydrogen (secondary N) is 2. The van der Waals surface area contributed by atoms with Crippen molar-refractivity contribution in [1.29, 1.82) is 0 Å². The first-order chi connectivity index (χ1) is 15.0. The number of likely N-dealkylation sites (N-methyl/N-ethyl adjacent to an activating group) is 1. The quantitative estimate of drug-likeness (QED) is 0.491. The number of ether oxygens (including phenoxy) is 1. The highest BCUT2D eigenvalue weighted by Gasteiger charge is 2.32. The number of guanidine groups is 1. The van der Waals surface area contributed by atoms with Crippen LogP contribution in [0.25, 0.3) is 0 Å². The lowest BCUT2D eigenvalue weighted by Crippen LogP contribution is -2.45. The van der Waals surface area contributed by atoms with E-state index in [1.165, 1.54) is 12.8 Å². The molecule has 2 N–H and O–H groups in total. The summed E-state index contributed by atoms with van der Waals surface area (Å²) in [7, 11) is 5.84. The maximum atomic E-state index is 12.7. The second-order valence-corrected chi connectivity index (χ2v) is 8.84. The van der Waals surface area contributed by atoms with E-state index in [4.69, 9.17) is 9.73 Å². The number of nitrogens with zero attached hydrogens (tertiary/aromatic N) is 3. The zero-order valence-electron chi connectivity index (χ0n) is 19.6. The van der Waals surface area contributed by atoms with Crippen molar-refractivity contribution >= 4 is 11.9 Å². The van der Waals surface area contributed by atoms with Gasteiger partial charge in [-0.05, 0) is 46.3 Å². The van der Waals surface area contributed by atoms with E-state index in [9.17, 15) is 4.79 Å². The highest BCUT2D eigenvalue weighted by atomic mass is 16.5. The minimum atomic E-state index is 0.107. The van der Waals surface area contributed by atoms with Gasteiger partial charge in [0.2, 0.25) is 5.91 Å². The Hall–Kier alpha value is -2.28. The van der Waals surface area contributed by atoms with Crippen molar-refractivity contribution in [3.63, 3.8) is 0 Å². The number of hydrogen-bond acceptors (Lipinski definition) is 4. The minimum Gasteiger partial charge on any atom is -0.496 e. The van der Waals surface area contributed by atoms with Gasteiger partial charge in [0.15, 0.2) is 5.96 Å². The Labute approximate surface area is 187 Å². The lowest BCUT2D eigenvalue weighted by molar-refractivity contribution is -0.134. The third-order valence-electron chi connectivity index (χ3n) is 6.43. The van der Waals surface area contributed by atoms with Crippen LogP contribution in [0.5, 0.6) is 5.75 Å². The Balaban J connectivity index is 1.63. The normalized spacial score (nSPS) is 20.9. The van der Waals surface area contributed by atoms with Crippen LogP contribution in [0.2, 0.25) is 0 Å². The van der Waals surface area contributed by atoms with Gasteiger partial charge in [-0.25, -0.2) is 0 Å². The second kappa shape index (κ2) is 11.4. The molecule has 2 unspecified atom stereocenters. The molecule has 2 atom stereocenters. The van der Waals surface area contributed by atoms with Crippen molar-refractivity contribution in [2.45, 2.75) is 51.1 Å². The van der Waals surface area contributed by atoms with Crippen LogP contribution in [0.3, 0.4) is 0 Å². The van der Waals surface area contributed by atoms with Gasteiger partial charge in [-0.1, -0.05) is 31.0 Å². The van der Waals surface area contributed by atoms with Crippen molar-refractivity contribution in [3.05, 3.63) is 29.8 Å². The molecule has 7 nitrogen and oxygen atoms in total. The number of carbonyl (C=O) groups excluding carboxylic acids is 1. The zero-order valence-corrected chi connectivity index (χ0v) is 19.6. The minimum absolute atomic E-state index is 0.107. The first-order valence-corrected chi connectivity index (χ1v) is 11.7. The lowest BCUT2D eigenvalue weighted by atomic mass is 10.0. The fraction of sp³-hybridized carbons (Fsp3) is 0.667. The Kier molecular flexibility index (Phi) is 8.58. The predicted octanol–water partition coefficient (Wildman–Crippen LogP) is 2.64. The van der Waals surface area contributed by atoms with Crippen LogP contribution in [0.15, 0.2) is 29.3 Å². The highest BCUT2D eigenvalue weighted by Crippen LogP contribution is 2.29. The third kappa shape index (κ3) is 6.12. The third-order valence-corrected chi connectivity index (χ3v) is 6.43. The van der Waals surface area contributed by atoms with E-state index in [0.717, 1.165) is 56.2 Å². The number of para-hydroxylation sites is 1. The summed E-state index contributed by atoms with van der Waals surface area (Å²) in [4.78, 5) is 21.9. The van der Waals surface area contributed by atoms with Gasteiger partial charge in [0.1, 0.15) is 5.75 Å². The summed E-state index contributed by atoms with van der Waals surface area (Å²) in [5, 5.41) is 6.93. The molecule has 1 saturated heterocycles. The van der Waals surface area contributed by atoms with Crippen LogP contribution < -0.4 is 15.4 Å². The molecule has 1 aliphatic carbocycles. The molecule has 3 rings (SSSR count). The average Bonchev–Trinajstić information content (AvgIpc) is 3.46. The number of carbonyl (C=O) groups is 1. The fourth-order valence-corrected chi connectivity index (χ4v) is 4.68. The van der Waals surface area contributed by atoms with Crippen LogP contribution in [-0.4, -0.2) is 75.1 Å². The standard InChI is InChI=1S/C24H39N5O2/c1-5-25-24(26-16-21(28(2)3)20-12-8-9-13-22(20)31-4)27-19-14-15-29(17-19)23(30)18-10-6-7-11-18/h8-9,12-13,18-19,21H,5-7,10-11,14-17H2,1-4H3,(H2,25,26,27). The van der Waals surface area contributed by atoms with E-state index in [1.54, 1.807) is 7.11 Å². The van der Waals surface area contributed by atoms with E-state index in [2.05, 4.69) is 47.5 Å². The molecule has 31 heavy (non-hydrogen) atoms. The van der Waals surface area contributed by atoms with Crippen LogP contribution in [0, 0.1) is 5.92 Å². The largest absolute Gasteiger partial charge is 0.496 e. The van der Waals surface area contributed by atoms with Crippen LogP contribution in [0.4, 0.5) is 0 Å². The zero-order chi connectivity index (χ0) is 22.2. The van der Waals surface area contributed by atoms with Gasteiger partial charge >= 0.3 is 0 Å². The molecule has 2 fully saturated rings. The van der Waals surface area contributed by atoms with Gasteiger partial charge in [-0.15, -0.1) is 0 Å². The summed E-state index contributed by atoms with van der Waals surface area (Å²) in [5.74, 6) is 2.30. The number of benzene rings is 1. The second-order valence-electron chi connectivity index (χ2n) is 8.84. The maximum Gasteiger partial charge on any atom is 0.225 e. The van der Waals surface area contributed by atoms with Crippen molar-refractivity contribution in [2.24, 2.45) is 10.9 Å². The number of rotatable bonds is 8. The first kappa shape index (κ1) is 23.4. The summed E-state index contributed by atoms with van der Waals surface area (Å²) >= 11 is 0. The van der Waals surface area contributed by atoms with Gasteiger partial charge in [0, 0.05) is 37.2 Å². The smallest absolute Gasteiger partial charge is 0.225 e. The Bertz CT molecular complexity index is 745. The number of hydrogen-bond donors (Lipinski definition) is 2. The average molecular weight is 430 g/mol. The Morgan fingerprint density at radius 1 is 1.26 bits per heavy atom. The van der Waals surface area contributed by atoms with E-state index in [-0.39, 0.29) is 18.0 Å². The Morgan fingerprint density at radius 3 is 2.68 bits per heavy atom. The molecule has 1 aliphatic heterocycles. The molecule has 0 radical (unpaired) electrons. The molecule has 0 spiro atoms. The SMILES string of the molecule is CCNC(=NCC(c1ccccc1OC)N(C)C)NC1CCN(C(=O)C2CCCC2)C1. The number of amides is 1. The van der Waals surface area contributed by atoms with Crippen molar-refractivity contribution in [2.75, 3.05) is 47.4 Å². The van der Waals surface area contributed by atoms with E-state index in [1.807, 2.05) is 18.2 Å². The number of aliphatic imine (C=N–C) groups is 1.